The Morgan fingerprint density at radius 3 is 3.00 bits per heavy atom. The van der Waals surface area contributed by atoms with Crippen molar-refractivity contribution in [2.24, 2.45) is 0 Å². The fourth-order valence-electron chi connectivity index (χ4n) is 0.815. The van der Waals surface area contributed by atoms with Gasteiger partial charge in [0, 0.05) is 11.6 Å². The summed E-state index contributed by atoms with van der Waals surface area (Å²) in [6.07, 6.45) is 3.29. The van der Waals surface area contributed by atoms with Crippen molar-refractivity contribution < 1.29 is 0 Å². The molecule has 0 aromatic carbocycles. The van der Waals surface area contributed by atoms with Crippen LogP contribution in [0.15, 0.2) is 30.7 Å². The van der Waals surface area contributed by atoms with E-state index in [1.54, 1.807) is 23.9 Å². The molecule has 0 amide bonds. The molecule has 2 rings (SSSR count). The molecule has 0 aliphatic carbocycles. The standard InChI is InChI=1S/C8H5N2S/c1-2-8(11-5-1)7-3-4-9-6-10-7/h1-4,6H. The maximum atomic E-state index is 4.10. The molecule has 2 heterocycles. The van der Waals surface area contributed by atoms with Crippen molar-refractivity contribution in [1.82, 2.24) is 9.97 Å². The Morgan fingerprint density at radius 2 is 2.36 bits per heavy atom. The van der Waals surface area contributed by atoms with Crippen molar-refractivity contribution in [1.29, 1.82) is 0 Å². The summed E-state index contributed by atoms with van der Waals surface area (Å²) in [7, 11) is 0. The zero-order valence-corrected chi connectivity index (χ0v) is 6.51. The molecule has 0 atom stereocenters. The molecule has 0 saturated heterocycles. The Kier molecular flexibility index (Phi) is 1.65. The minimum Gasteiger partial charge on any atom is -0.245 e. The second kappa shape index (κ2) is 2.80. The first-order chi connectivity index (χ1) is 5.47. The lowest BCUT2D eigenvalue weighted by Gasteiger charge is -1.91. The Balaban J connectivity index is 2.46. The van der Waals surface area contributed by atoms with Gasteiger partial charge in [-0.3, -0.25) is 0 Å². The molecule has 2 nitrogen and oxygen atoms in total. The smallest absolute Gasteiger partial charge is 0.116 e. The van der Waals surface area contributed by atoms with Crippen molar-refractivity contribution in [2.45, 2.75) is 0 Å². The normalized spacial score (nSPS) is 9.82. The Bertz CT molecular complexity index is 315. The third-order valence-electron chi connectivity index (χ3n) is 1.31. The first-order valence-electron chi connectivity index (χ1n) is 3.19. The summed E-state index contributed by atoms with van der Waals surface area (Å²) in [6.45, 7) is 0. The van der Waals surface area contributed by atoms with Crippen LogP contribution >= 0.6 is 11.3 Å². The van der Waals surface area contributed by atoms with E-state index in [2.05, 4.69) is 15.3 Å². The molecule has 0 aliphatic rings. The average Bonchev–Trinajstić information content (AvgIpc) is 2.58. The van der Waals surface area contributed by atoms with E-state index in [1.807, 2.05) is 18.2 Å². The van der Waals surface area contributed by atoms with Crippen LogP contribution in [0.25, 0.3) is 10.6 Å². The summed E-state index contributed by atoms with van der Waals surface area (Å²) in [5.74, 6) is 0. The number of hydrogen-bond acceptors (Lipinski definition) is 3. The summed E-state index contributed by atoms with van der Waals surface area (Å²) in [4.78, 5) is 9.07. The van der Waals surface area contributed by atoms with Gasteiger partial charge in [0.25, 0.3) is 0 Å². The van der Waals surface area contributed by atoms with Crippen LogP contribution in [0.5, 0.6) is 0 Å². The summed E-state index contributed by atoms with van der Waals surface area (Å²) in [5.41, 5.74) is 0.964. The number of rotatable bonds is 1. The molecular weight excluding hydrogens is 156 g/mol. The molecule has 0 spiro atoms. The molecule has 53 valence electrons. The highest BCUT2D eigenvalue weighted by Crippen LogP contribution is 2.20. The predicted octanol–water partition coefficient (Wildman–Crippen LogP) is 2.01. The van der Waals surface area contributed by atoms with Crippen molar-refractivity contribution >= 4 is 11.3 Å². The summed E-state index contributed by atoms with van der Waals surface area (Å²) in [5, 5.41) is 3.01. The van der Waals surface area contributed by atoms with Gasteiger partial charge in [-0.25, -0.2) is 9.97 Å². The SMILES string of the molecule is [c]1ccc(-c2ccncn2)s1. The van der Waals surface area contributed by atoms with Crippen molar-refractivity contribution in [3.8, 4) is 10.6 Å². The lowest BCUT2D eigenvalue weighted by molar-refractivity contribution is 1.18. The van der Waals surface area contributed by atoms with E-state index in [4.69, 9.17) is 0 Å². The van der Waals surface area contributed by atoms with Crippen LogP contribution in [0.4, 0.5) is 0 Å². The summed E-state index contributed by atoms with van der Waals surface area (Å²) < 4.78 is 0. The highest BCUT2D eigenvalue weighted by atomic mass is 32.1. The predicted molar refractivity (Wildman–Crippen MR) is 44.2 cm³/mol. The highest BCUT2D eigenvalue weighted by molar-refractivity contribution is 7.13. The van der Waals surface area contributed by atoms with Crippen LogP contribution in [0.3, 0.4) is 0 Å². The molecule has 2 aromatic heterocycles. The fourth-order valence-corrected chi connectivity index (χ4v) is 1.44. The van der Waals surface area contributed by atoms with Gasteiger partial charge >= 0.3 is 0 Å². The Hall–Kier alpha value is -1.22. The quantitative estimate of drug-likeness (QED) is 0.639. The van der Waals surface area contributed by atoms with E-state index in [1.165, 1.54) is 0 Å². The van der Waals surface area contributed by atoms with E-state index in [9.17, 15) is 0 Å². The van der Waals surface area contributed by atoms with Crippen LogP contribution in [-0.4, -0.2) is 9.97 Å². The summed E-state index contributed by atoms with van der Waals surface area (Å²) in [6, 6.07) is 5.77. The van der Waals surface area contributed by atoms with Crippen molar-refractivity contribution in [3.63, 3.8) is 0 Å². The van der Waals surface area contributed by atoms with Crippen molar-refractivity contribution in [3.05, 3.63) is 36.1 Å². The summed E-state index contributed by atoms with van der Waals surface area (Å²) >= 11 is 1.56. The van der Waals surface area contributed by atoms with Gasteiger partial charge in [0.15, 0.2) is 0 Å². The number of nitrogens with zero attached hydrogens (tertiary/aromatic N) is 2. The van der Waals surface area contributed by atoms with Crippen LogP contribution in [0, 0.1) is 5.38 Å². The number of thiophene rings is 1. The molecule has 0 N–H and O–H groups in total. The lowest BCUT2D eigenvalue weighted by atomic mass is 10.3. The first-order valence-corrected chi connectivity index (χ1v) is 4.01. The molecule has 0 fully saturated rings. The third kappa shape index (κ3) is 1.28. The van der Waals surface area contributed by atoms with Gasteiger partial charge in [-0.2, -0.15) is 0 Å². The lowest BCUT2D eigenvalue weighted by Crippen LogP contribution is -1.78. The van der Waals surface area contributed by atoms with E-state index >= 15 is 0 Å². The second-order valence-corrected chi connectivity index (χ2v) is 2.89. The van der Waals surface area contributed by atoms with E-state index in [0.717, 1.165) is 10.6 Å². The molecule has 2 aromatic rings. The van der Waals surface area contributed by atoms with Crippen molar-refractivity contribution in [2.75, 3.05) is 0 Å². The maximum Gasteiger partial charge on any atom is 0.116 e. The van der Waals surface area contributed by atoms with Gasteiger partial charge in [0.1, 0.15) is 6.33 Å². The molecule has 0 saturated carbocycles. The molecular formula is C8H5N2S. The second-order valence-electron chi connectivity index (χ2n) is 2.01. The molecule has 0 bridgehead atoms. The molecule has 11 heavy (non-hydrogen) atoms. The monoisotopic (exact) mass is 161 g/mol. The molecule has 0 aliphatic heterocycles. The number of aromatic nitrogens is 2. The van der Waals surface area contributed by atoms with Gasteiger partial charge in [-0.15, -0.1) is 11.3 Å². The molecule has 1 radical (unpaired) electrons. The van der Waals surface area contributed by atoms with E-state index in [-0.39, 0.29) is 0 Å². The zero-order chi connectivity index (χ0) is 7.52. The van der Waals surface area contributed by atoms with E-state index < -0.39 is 0 Å². The average molecular weight is 161 g/mol. The highest BCUT2D eigenvalue weighted by Gasteiger charge is 1.96. The minimum absolute atomic E-state index is 0.964. The van der Waals surface area contributed by atoms with Crippen LogP contribution in [0.2, 0.25) is 0 Å². The molecule has 3 heteroatoms. The van der Waals surface area contributed by atoms with Gasteiger partial charge in [-0.05, 0) is 18.2 Å². The molecule has 0 unspecified atom stereocenters. The van der Waals surface area contributed by atoms with Crippen LogP contribution in [-0.2, 0) is 0 Å². The van der Waals surface area contributed by atoms with Crippen LogP contribution < -0.4 is 0 Å². The fraction of sp³-hybridized carbons (Fsp3) is 0. The zero-order valence-electron chi connectivity index (χ0n) is 5.69. The maximum absolute atomic E-state index is 4.10. The first kappa shape index (κ1) is 6.49. The minimum atomic E-state index is 0.964. The van der Waals surface area contributed by atoms with Gasteiger partial charge < -0.3 is 0 Å². The van der Waals surface area contributed by atoms with Gasteiger partial charge in [0.2, 0.25) is 0 Å². The van der Waals surface area contributed by atoms with Gasteiger partial charge in [-0.1, -0.05) is 0 Å². The van der Waals surface area contributed by atoms with Crippen LogP contribution in [0.1, 0.15) is 0 Å². The number of hydrogen-bond donors (Lipinski definition) is 0. The third-order valence-corrected chi connectivity index (χ3v) is 2.13. The van der Waals surface area contributed by atoms with Gasteiger partial charge in [0.05, 0.1) is 10.6 Å². The Morgan fingerprint density at radius 1 is 1.36 bits per heavy atom. The topological polar surface area (TPSA) is 25.8 Å². The van der Waals surface area contributed by atoms with E-state index in [0.29, 0.717) is 0 Å². The largest absolute Gasteiger partial charge is 0.245 e. The Labute approximate surface area is 68.6 Å².